The first-order chi connectivity index (χ1) is 14.2. The number of nitrogens with two attached hydrogens (primary N) is 1. The van der Waals surface area contributed by atoms with Gasteiger partial charge in [-0.25, -0.2) is 0 Å². The number of nitrogens with zero attached hydrogens (tertiary/aromatic N) is 2. The standard InChI is InChI=1S/C16H17NO.C7H10N2.CH5N/c1-4-18-15-7-5-6-13(11-15)14-8-9-16(17-3)12(2)10-14;1-8-5-7-3-2-4-9-6-7;1-2/h5-11H,3-4H2,1-2H3;2-4,9H,1,5-6H2;2H2,1H3. The van der Waals surface area contributed by atoms with Crippen LogP contribution in [0.1, 0.15) is 12.5 Å². The number of rotatable bonds is 6. The molecule has 1 heterocycles. The molecule has 1 aliphatic rings. The number of allylic oxidation sites excluding steroid dienone is 2. The van der Waals surface area contributed by atoms with E-state index in [2.05, 4.69) is 64.8 Å². The number of nitrogens with one attached hydrogen (secondary N) is 1. The van der Waals surface area contributed by atoms with Gasteiger partial charge in [0.15, 0.2) is 0 Å². The molecule has 0 amide bonds. The number of hydrogen-bond acceptors (Lipinski definition) is 5. The summed E-state index contributed by atoms with van der Waals surface area (Å²) in [5.41, 5.74) is 10.2. The average molecular weight is 393 g/mol. The molecule has 0 radical (unpaired) electrons. The second-order valence-electron chi connectivity index (χ2n) is 6.07. The van der Waals surface area contributed by atoms with Crippen LogP contribution in [0, 0.1) is 6.92 Å². The molecule has 5 heteroatoms. The first-order valence-corrected chi connectivity index (χ1v) is 9.56. The Morgan fingerprint density at radius 2 is 1.86 bits per heavy atom. The molecule has 0 atom stereocenters. The minimum Gasteiger partial charge on any atom is -0.494 e. The van der Waals surface area contributed by atoms with Gasteiger partial charge in [0.25, 0.3) is 0 Å². The maximum absolute atomic E-state index is 5.51. The molecule has 0 fully saturated rings. The number of aryl methyl sites for hydroxylation is 1. The van der Waals surface area contributed by atoms with Crippen LogP contribution in [0.5, 0.6) is 5.75 Å². The second kappa shape index (κ2) is 13.9. The molecule has 0 spiro atoms. The van der Waals surface area contributed by atoms with Crippen LogP contribution < -0.4 is 15.8 Å². The maximum Gasteiger partial charge on any atom is 0.119 e. The number of dihydropyridines is 1. The van der Waals surface area contributed by atoms with Crippen molar-refractivity contribution in [1.29, 1.82) is 0 Å². The quantitative estimate of drug-likeness (QED) is 0.700. The lowest BCUT2D eigenvalue weighted by Gasteiger charge is -2.08. The maximum atomic E-state index is 5.51. The molecule has 0 saturated carbocycles. The first kappa shape index (κ1) is 23.9. The van der Waals surface area contributed by atoms with Crippen molar-refractivity contribution in [1.82, 2.24) is 5.32 Å². The Bertz CT molecular complexity index is 841. The molecule has 2 aromatic rings. The van der Waals surface area contributed by atoms with Crippen LogP contribution in [0.25, 0.3) is 11.1 Å². The third kappa shape index (κ3) is 8.15. The summed E-state index contributed by atoms with van der Waals surface area (Å²) >= 11 is 0. The number of hydrogen-bond donors (Lipinski definition) is 2. The van der Waals surface area contributed by atoms with Gasteiger partial charge in [-0.05, 0) is 93.1 Å². The minimum absolute atomic E-state index is 0.682. The highest BCUT2D eigenvalue weighted by atomic mass is 16.5. The third-order valence-electron chi connectivity index (χ3n) is 4.04. The van der Waals surface area contributed by atoms with E-state index in [0.717, 1.165) is 35.7 Å². The van der Waals surface area contributed by atoms with Crippen LogP contribution in [-0.4, -0.2) is 40.2 Å². The van der Waals surface area contributed by atoms with E-state index in [4.69, 9.17) is 4.74 Å². The lowest BCUT2D eigenvalue weighted by Crippen LogP contribution is -2.13. The van der Waals surface area contributed by atoms with E-state index >= 15 is 0 Å². The Morgan fingerprint density at radius 1 is 1.10 bits per heavy atom. The topological polar surface area (TPSA) is 72.0 Å². The molecular weight excluding hydrogens is 360 g/mol. The van der Waals surface area contributed by atoms with Crippen molar-refractivity contribution in [3.63, 3.8) is 0 Å². The number of ether oxygens (including phenoxy) is 1. The predicted molar refractivity (Wildman–Crippen MR) is 127 cm³/mol. The van der Waals surface area contributed by atoms with Gasteiger partial charge in [-0.1, -0.05) is 24.3 Å². The molecule has 0 aromatic heterocycles. The highest BCUT2D eigenvalue weighted by molar-refractivity contribution is 5.69. The summed E-state index contributed by atoms with van der Waals surface area (Å²) in [6, 6.07) is 14.3. The van der Waals surface area contributed by atoms with Crippen LogP contribution in [0.3, 0.4) is 0 Å². The molecule has 0 bridgehead atoms. The van der Waals surface area contributed by atoms with E-state index in [0.29, 0.717) is 6.61 Å². The summed E-state index contributed by atoms with van der Waals surface area (Å²) in [6.07, 6.45) is 5.96. The highest BCUT2D eigenvalue weighted by Gasteiger charge is 2.02. The second-order valence-corrected chi connectivity index (χ2v) is 6.07. The number of benzene rings is 2. The van der Waals surface area contributed by atoms with Gasteiger partial charge in [-0.2, -0.15) is 0 Å². The summed E-state index contributed by atoms with van der Waals surface area (Å²) in [6.45, 7) is 13.3. The molecule has 3 N–H and O–H groups in total. The molecule has 154 valence electrons. The van der Waals surface area contributed by atoms with Crippen molar-refractivity contribution < 1.29 is 4.74 Å². The Labute approximate surface area is 174 Å². The van der Waals surface area contributed by atoms with Crippen molar-refractivity contribution >= 4 is 19.1 Å². The average Bonchev–Trinajstić information content (AvgIpc) is 2.77. The molecule has 0 unspecified atom stereocenters. The van der Waals surface area contributed by atoms with Crippen LogP contribution in [0.4, 0.5) is 5.69 Å². The summed E-state index contributed by atoms with van der Waals surface area (Å²) in [7, 11) is 1.50. The monoisotopic (exact) mass is 392 g/mol. The van der Waals surface area contributed by atoms with Gasteiger partial charge in [0.05, 0.1) is 18.8 Å². The van der Waals surface area contributed by atoms with E-state index in [1.165, 1.54) is 18.2 Å². The third-order valence-corrected chi connectivity index (χ3v) is 4.04. The van der Waals surface area contributed by atoms with Gasteiger partial charge >= 0.3 is 0 Å². The van der Waals surface area contributed by atoms with Gasteiger partial charge in [-0.15, -0.1) is 0 Å². The zero-order valence-corrected chi connectivity index (χ0v) is 17.7. The van der Waals surface area contributed by atoms with Crippen molar-refractivity contribution in [3.05, 3.63) is 72.0 Å². The summed E-state index contributed by atoms with van der Waals surface area (Å²) in [4.78, 5) is 7.74. The van der Waals surface area contributed by atoms with Crippen molar-refractivity contribution in [2.24, 2.45) is 15.7 Å². The molecule has 5 nitrogen and oxygen atoms in total. The normalized spacial score (nSPS) is 11.5. The molecule has 0 aliphatic carbocycles. The molecule has 2 aromatic carbocycles. The summed E-state index contributed by atoms with van der Waals surface area (Å²) in [5, 5.41) is 3.08. The van der Waals surface area contributed by atoms with Gasteiger partial charge in [0.2, 0.25) is 0 Å². The molecule has 0 saturated heterocycles. The molecular formula is C24H32N4O. The summed E-state index contributed by atoms with van der Waals surface area (Å²) < 4.78 is 5.51. The fraction of sp³-hybridized carbons (Fsp3) is 0.250. The van der Waals surface area contributed by atoms with Crippen molar-refractivity contribution in [3.8, 4) is 16.9 Å². The smallest absolute Gasteiger partial charge is 0.119 e. The predicted octanol–water partition coefficient (Wildman–Crippen LogP) is 4.70. The molecule has 1 aliphatic heterocycles. The van der Waals surface area contributed by atoms with Crippen molar-refractivity contribution in [2.45, 2.75) is 13.8 Å². The van der Waals surface area contributed by atoms with E-state index in [9.17, 15) is 0 Å². The lowest BCUT2D eigenvalue weighted by molar-refractivity contribution is 0.340. The Balaban J connectivity index is 0.000000321. The van der Waals surface area contributed by atoms with Crippen LogP contribution in [0.2, 0.25) is 0 Å². The van der Waals surface area contributed by atoms with E-state index in [-0.39, 0.29) is 0 Å². The first-order valence-electron chi connectivity index (χ1n) is 9.56. The SMILES string of the molecule is C=NCC1=CC=CNC1.C=Nc1ccc(-c2cccc(OCC)c2)cc1C.CN. The fourth-order valence-corrected chi connectivity index (χ4v) is 2.70. The van der Waals surface area contributed by atoms with Crippen LogP contribution >= 0.6 is 0 Å². The van der Waals surface area contributed by atoms with Gasteiger partial charge in [0.1, 0.15) is 5.75 Å². The van der Waals surface area contributed by atoms with Gasteiger partial charge < -0.3 is 15.8 Å². The zero-order valence-electron chi connectivity index (χ0n) is 17.7. The highest BCUT2D eigenvalue weighted by Crippen LogP contribution is 2.28. The van der Waals surface area contributed by atoms with E-state index in [1.54, 1.807) is 0 Å². The Morgan fingerprint density at radius 3 is 2.45 bits per heavy atom. The summed E-state index contributed by atoms with van der Waals surface area (Å²) in [5.74, 6) is 0.901. The fourth-order valence-electron chi connectivity index (χ4n) is 2.70. The Kier molecular flexibility index (Phi) is 11.4. The van der Waals surface area contributed by atoms with Gasteiger partial charge in [0, 0.05) is 6.54 Å². The number of aliphatic imine (C=N–C) groups is 2. The molecule has 3 rings (SSSR count). The van der Waals surface area contributed by atoms with Gasteiger partial charge in [-0.3, -0.25) is 9.98 Å². The zero-order chi connectivity index (χ0) is 21.5. The lowest BCUT2D eigenvalue weighted by atomic mass is 10.0. The van der Waals surface area contributed by atoms with Crippen molar-refractivity contribution in [2.75, 3.05) is 26.7 Å². The van der Waals surface area contributed by atoms with E-state index < -0.39 is 0 Å². The Hall–Kier alpha value is -3.18. The minimum atomic E-state index is 0.682. The van der Waals surface area contributed by atoms with Crippen LogP contribution in [-0.2, 0) is 0 Å². The largest absolute Gasteiger partial charge is 0.494 e. The molecule has 29 heavy (non-hydrogen) atoms. The van der Waals surface area contributed by atoms with E-state index in [1.807, 2.05) is 44.3 Å². The van der Waals surface area contributed by atoms with Crippen LogP contribution in [0.15, 0.2) is 76.4 Å².